The zero-order chi connectivity index (χ0) is 38.3. The van der Waals surface area contributed by atoms with Crippen LogP contribution in [0.3, 0.4) is 0 Å². The molecular weight excluding hydrogens is 787 g/mol. The molecule has 2 unspecified atom stereocenters. The number of carbonyl (C=O) groups is 1. The number of hydrogen-bond acceptors (Lipinski definition) is 8. The highest BCUT2D eigenvalue weighted by atomic mass is 35.5. The first-order chi connectivity index (χ1) is 25.2. The minimum Gasteiger partial charge on any atom is -0.479 e. The summed E-state index contributed by atoms with van der Waals surface area (Å²) in [6.07, 6.45) is -0.793. The summed E-state index contributed by atoms with van der Waals surface area (Å²) in [5, 5.41) is 19.9. The SMILES string of the molecule is C.C.Cc1ccc(S(=O)(=O)N2C[C@@H](C(=O)O)OCC2Cc2ccc(Cl)cc2)cc1.Cc1ccc(S(=O)(=O)N2C[C@@H](CO)OCC2Cc2ccc(Cl)cc2)cc1. The molecule has 300 valence electrons. The average Bonchev–Trinajstić information content (AvgIpc) is 3.14. The van der Waals surface area contributed by atoms with E-state index in [1.807, 2.05) is 38.1 Å². The molecular formula is C40H50Cl2N2O9S2. The number of hydrogen-bond donors (Lipinski definition) is 2. The minimum absolute atomic E-state index is 0. The Morgan fingerprint density at radius 1 is 0.655 bits per heavy atom. The van der Waals surface area contributed by atoms with E-state index in [0.29, 0.717) is 22.9 Å². The highest BCUT2D eigenvalue weighted by Gasteiger charge is 2.40. The Morgan fingerprint density at radius 2 is 1.04 bits per heavy atom. The van der Waals surface area contributed by atoms with E-state index >= 15 is 0 Å². The Balaban J connectivity index is 0.000000285. The Hall–Kier alpha value is -3.37. The van der Waals surface area contributed by atoms with Gasteiger partial charge in [0, 0.05) is 16.6 Å². The lowest BCUT2D eigenvalue weighted by Crippen LogP contribution is -2.55. The molecule has 0 bridgehead atoms. The molecule has 4 aromatic rings. The smallest absolute Gasteiger partial charge is 0.334 e. The second-order valence-electron chi connectivity index (χ2n) is 13.0. The zero-order valence-corrected chi connectivity index (χ0v) is 32.4. The summed E-state index contributed by atoms with van der Waals surface area (Å²) in [5.74, 6) is -1.18. The van der Waals surface area contributed by atoms with Crippen LogP contribution in [-0.4, -0.2) is 98.8 Å². The van der Waals surface area contributed by atoms with E-state index in [-0.39, 0.29) is 63.6 Å². The fourth-order valence-electron chi connectivity index (χ4n) is 6.05. The number of rotatable bonds is 10. The number of aliphatic hydroxyl groups is 1. The Labute approximate surface area is 335 Å². The zero-order valence-electron chi connectivity index (χ0n) is 29.2. The summed E-state index contributed by atoms with van der Waals surface area (Å²) in [7, 11) is -7.54. The van der Waals surface area contributed by atoms with Crippen molar-refractivity contribution in [2.45, 2.75) is 75.6 Å². The molecule has 4 aromatic carbocycles. The largest absolute Gasteiger partial charge is 0.479 e. The molecule has 2 aliphatic rings. The monoisotopic (exact) mass is 836 g/mol. The van der Waals surface area contributed by atoms with Crippen LogP contribution >= 0.6 is 23.2 Å². The molecule has 0 aliphatic carbocycles. The Bertz CT molecular complexity index is 2050. The molecule has 0 saturated carbocycles. The van der Waals surface area contributed by atoms with Crippen LogP contribution in [0, 0.1) is 13.8 Å². The van der Waals surface area contributed by atoms with Crippen molar-refractivity contribution in [2.24, 2.45) is 0 Å². The van der Waals surface area contributed by atoms with Gasteiger partial charge in [0.05, 0.1) is 54.3 Å². The van der Waals surface area contributed by atoms with Crippen molar-refractivity contribution in [1.82, 2.24) is 8.61 Å². The number of benzene rings is 4. The number of carboxylic acid groups (broad SMARTS) is 1. The number of ether oxygens (including phenoxy) is 2. The number of halogens is 2. The standard InChI is InChI=1S/C19H20ClNO5S.C19H22ClNO4S.2CH4/c1-13-2-8-17(9-3-13)27(24,25)21-11-18(19(22)23)26-12-16(21)10-14-4-6-15(20)7-5-14;1-14-2-8-19(9-3-14)26(23,24)21-11-18(12-22)25-13-17(21)10-15-4-6-16(20)7-5-15;;/h2-9,16,18H,10-12H2,1H3,(H,22,23);2-9,17-18,22H,10-13H2,1H3;2*1H4/t16?,18-;17?,18-;;/m00../s1. The summed E-state index contributed by atoms with van der Waals surface area (Å²) >= 11 is 11.8. The first-order valence-corrected chi connectivity index (χ1v) is 20.5. The van der Waals surface area contributed by atoms with Crippen LogP contribution in [0.1, 0.15) is 37.1 Å². The van der Waals surface area contributed by atoms with E-state index in [1.165, 1.54) is 20.7 Å². The maximum absolute atomic E-state index is 13.2. The van der Waals surface area contributed by atoms with Crippen molar-refractivity contribution < 1.29 is 41.3 Å². The van der Waals surface area contributed by atoms with Crippen molar-refractivity contribution >= 4 is 49.2 Å². The molecule has 6 rings (SSSR count). The van der Waals surface area contributed by atoms with Crippen LogP contribution in [-0.2, 0) is 47.2 Å². The molecule has 2 fully saturated rings. The number of aliphatic hydroxyl groups excluding tert-OH is 1. The Morgan fingerprint density at radius 3 is 1.42 bits per heavy atom. The lowest BCUT2D eigenvalue weighted by atomic mass is 10.1. The normalized spacial score (nSPS) is 20.6. The minimum atomic E-state index is -3.86. The summed E-state index contributed by atoms with van der Waals surface area (Å²) in [6, 6.07) is 26.9. The average molecular weight is 838 g/mol. The van der Waals surface area contributed by atoms with Gasteiger partial charge in [0.25, 0.3) is 0 Å². The van der Waals surface area contributed by atoms with Gasteiger partial charge in [-0.25, -0.2) is 21.6 Å². The quantitative estimate of drug-likeness (QED) is 0.179. The van der Waals surface area contributed by atoms with E-state index in [4.69, 9.17) is 32.7 Å². The number of morpholine rings is 2. The third kappa shape index (κ3) is 11.8. The van der Waals surface area contributed by atoms with Crippen LogP contribution in [0.2, 0.25) is 10.0 Å². The van der Waals surface area contributed by atoms with Gasteiger partial charge < -0.3 is 19.7 Å². The number of sulfonamides is 2. The van der Waals surface area contributed by atoms with E-state index < -0.39 is 44.3 Å². The first-order valence-electron chi connectivity index (χ1n) is 16.9. The van der Waals surface area contributed by atoms with Crippen molar-refractivity contribution in [2.75, 3.05) is 32.9 Å². The Kier molecular flexibility index (Phi) is 16.9. The van der Waals surface area contributed by atoms with Crippen LogP contribution in [0.4, 0.5) is 0 Å². The highest BCUT2D eigenvalue weighted by Crippen LogP contribution is 2.27. The van der Waals surface area contributed by atoms with Crippen molar-refractivity contribution in [3.63, 3.8) is 0 Å². The van der Waals surface area contributed by atoms with Gasteiger partial charge in [-0.05, 0) is 86.3 Å². The van der Waals surface area contributed by atoms with E-state index in [2.05, 4.69) is 0 Å². The van der Waals surface area contributed by atoms with Gasteiger partial charge in [-0.1, -0.05) is 97.7 Å². The first kappa shape index (κ1) is 46.0. The topological polar surface area (TPSA) is 151 Å². The third-order valence-corrected chi connectivity index (χ3v) is 13.4. The third-order valence-electron chi connectivity index (χ3n) is 9.06. The van der Waals surface area contributed by atoms with Gasteiger partial charge in [-0.15, -0.1) is 0 Å². The molecule has 2 N–H and O–H groups in total. The molecule has 2 heterocycles. The van der Waals surface area contributed by atoms with E-state index in [9.17, 15) is 31.8 Å². The fourth-order valence-corrected chi connectivity index (χ4v) is 9.56. The van der Waals surface area contributed by atoms with E-state index in [0.717, 1.165) is 22.3 Å². The van der Waals surface area contributed by atoms with Crippen molar-refractivity contribution in [1.29, 1.82) is 0 Å². The van der Waals surface area contributed by atoms with E-state index in [1.54, 1.807) is 60.7 Å². The summed E-state index contributed by atoms with van der Waals surface area (Å²) < 4.78 is 66.5. The molecule has 4 atom stereocenters. The predicted octanol–water partition coefficient (Wildman–Crippen LogP) is 6.65. The van der Waals surface area contributed by atoms with Gasteiger partial charge in [0.15, 0.2) is 6.10 Å². The van der Waals surface area contributed by atoms with Gasteiger partial charge in [0.2, 0.25) is 20.0 Å². The molecule has 0 aromatic heterocycles. The van der Waals surface area contributed by atoms with Crippen molar-refractivity contribution in [3.8, 4) is 0 Å². The van der Waals surface area contributed by atoms with Crippen LogP contribution in [0.25, 0.3) is 0 Å². The number of carboxylic acids is 1. The second-order valence-corrected chi connectivity index (χ2v) is 17.7. The summed E-state index contributed by atoms with van der Waals surface area (Å²) in [5.41, 5.74) is 3.81. The number of nitrogens with zero attached hydrogens (tertiary/aromatic N) is 2. The highest BCUT2D eigenvalue weighted by molar-refractivity contribution is 7.89. The van der Waals surface area contributed by atoms with Gasteiger partial charge >= 0.3 is 5.97 Å². The molecule has 15 heteroatoms. The van der Waals surface area contributed by atoms with Crippen LogP contribution in [0.5, 0.6) is 0 Å². The molecule has 2 saturated heterocycles. The summed E-state index contributed by atoms with van der Waals surface area (Å²) in [6.45, 7) is 3.71. The maximum atomic E-state index is 13.2. The predicted molar refractivity (Wildman–Crippen MR) is 216 cm³/mol. The molecule has 0 amide bonds. The van der Waals surface area contributed by atoms with Crippen LogP contribution < -0.4 is 0 Å². The second kappa shape index (κ2) is 20.2. The lowest BCUT2D eigenvalue weighted by molar-refractivity contribution is -0.156. The van der Waals surface area contributed by atoms with Gasteiger partial charge in [-0.2, -0.15) is 8.61 Å². The fraction of sp³-hybridized carbons (Fsp3) is 0.375. The molecule has 2 aliphatic heterocycles. The molecule has 11 nitrogen and oxygen atoms in total. The molecule has 55 heavy (non-hydrogen) atoms. The van der Waals surface area contributed by atoms with Gasteiger partial charge in [-0.3, -0.25) is 0 Å². The number of aliphatic carboxylic acids is 1. The van der Waals surface area contributed by atoms with Crippen LogP contribution in [0.15, 0.2) is 107 Å². The number of aryl methyl sites for hydroxylation is 2. The maximum Gasteiger partial charge on any atom is 0.334 e. The van der Waals surface area contributed by atoms with Gasteiger partial charge in [0.1, 0.15) is 0 Å². The lowest BCUT2D eigenvalue weighted by Gasteiger charge is -2.38. The van der Waals surface area contributed by atoms with Crippen molar-refractivity contribution in [3.05, 3.63) is 129 Å². The molecule has 0 radical (unpaired) electrons. The molecule has 0 spiro atoms. The summed E-state index contributed by atoms with van der Waals surface area (Å²) in [4.78, 5) is 11.7.